The Bertz CT molecular complexity index is 1160. The quantitative estimate of drug-likeness (QED) is 0.686. The molecule has 3 rings (SSSR count). The molecule has 0 saturated carbocycles. The third kappa shape index (κ3) is 5.17. The number of sulfonamides is 2. The van der Waals surface area contributed by atoms with Crippen LogP contribution in [-0.4, -0.2) is 59.6 Å². The van der Waals surface area contributed by atoms with Crippen molar-refractivity contribution in [3.05, 3.63) is 53.6 Å². The molecule has 2 aromatic carbocycles. The van der Waals surface area contributed by atoms with Crippen LogP contribution in [0.15, 0.2) is 47.4 Å². The second-order valence-corrected chi connectivity index (χ2v) is 10.5. The van der Waals surface area contributed by atoms with Gasteiger partial charge in [-0.3, -0.25) is 9.52 Å². The molecule has 1 saturated heterocycles. The van der Waals surface area contributed by atoms with Gasteiger partial charge in [0.2, 0.25) is 20.0 Å². The summed E-state index contributed by atoms with van der Waals surface area (Å²) in [4.78, 5) is 12.8. The van der Waals surface area contributed by atoms with E-state index in [0.29, 0.717) is 30.2 Å². The number of carbonyl (C=O) groups is 1. The molecule has 162 valence electrons. The second-order valence-electron chi connectivity index (χ2n) is 6.87. The summed E-state index contributed by atoms with van der Waals surface area (Å²) in [5, 5.41) is 2.65. The van der Waals surface area contributed by atoms with Crippen molar-refractivity contribution in [2.75, 3.05) is 42.6 Å². The summed E-state index contributed by atoms with van der Waals surface area (Å²) >= 11 is 0. The maximum Gasteiger partial charge on any atom is 0.257 e. The molecule has 0 aliphatic carbocycles. The number of amides is 1. The Kier molecular flexibility index (Phi) is 6.46. The average molecular weight is 454 g/mol. The number of benzene rings is 2. The smallest absolute Gasteiger partial charge is 0.257 e. The van der Waals surface area contributed by atoms with Gasteiger partial charge in [0.15, 0.2) is 0 Å². The van der Waals surface area contributed by atoms with Crippen LogP contribution in [0.3, 0.4) is 0 Å². The molecule has 0 aromatic heterocycles. The van der Waals surface area contributed by atoms with Crippen LogP contribution in [0.1, 0.15) is 15.9 Å². The molecule has 2 N–H and O–H groups in total. The zero-order chi connectivity index (χ0) is 21.9. The van der Waals surface area contributed by atoms with Crippen LogP contribution >= 0.6 is 0 Å². The van der Waals surface area contributed by atoms with E-state index in [2.05, 4.69) is 10.0 Å². The summed E-state index contributed by atoms with van der Waals surface area (Å²) in [6, 6.07) is 10.7. The highest BCUT2D eigenvalue weighted by atomic mass is 32.2. The van der Waals surface area contributed by atoms with Crippen molar-refractivity contribution in [3.63, 3.8) is 0 Å². The lowest BCUT2D eigenvalue weighted by Crippen LogP contribution is -2.41. The van der Waals surface area contributed by atoms with E-state index in [1.165, 1.54) is 22.5 Å². The minimum Gasteiger partial charge on any atom is -0.379 e. The predicted molar refractivity (Wildman–Crippen MR) is 114 cm³/mol. The molecule has 1 fully saturated rings. The summed E-state index contributed by atoms with van der Waals surface area (Å²) in [6.07, 6.45) is 1.03. The Morgan fingerprint density at radius 2 is 1.70 bits per heavy atom. The number of anilines is 2. The van der Waals surface area contributed by atoms with Gasteiger partial charge in [0.1, 0.15) is 0 Å². The van der Waals surface area contributed by atoms with Crippen molar-refractivity contribution in [2.45, 2.75) is 11.8 Å². The fourth-order valence-electron chi connectivity index (χ4n) is 3.01. The van der Waals surface area contributed by atoms with Gasteiger partial charge < -0.3 is 10.1 Å². The van der Waals surface area contributed by atoms with Gasteiger partial charge in [-0.25, -0.2) is 16.8 Å². The SMILES string of the molecule is Cc1ccc(NC(=O)c2ccccc2S(=O)(=O)N2CCOCC2)cc1NS(C)(=O)=O. The van der Waals surface area contributed by atoms with Crippen LogP contribution in [-0.2, 0) is 24.8 Å². The highest BCUT2D eigenvalue weighted by molar-refractivity contribution is 7.92. The number of aryl methyl sites for hydroxylation is 1. The minimum absolute atomic E-state index is 0.00203. The summed E-state index contributed by atoms with van der Waals surface area (Å²) in [6.45, 7) is 2.76. The Balaban J connectivity index is 1.89. The second kappa shape index (κ2) is 8.72. The fraction of sp³-hybridized carbons (Fsp3) is 0.316. The molecule has 0 atom stereocenters. The zero-order valence-corrected chi connectivity index (χ0v) is 18.2. The van der Waals surface area contributed by atoms with E-state index in [4.69, 9.17) is 4.74 Å². The molecular weight excluding hydrogens is 430 g/mol. The maximum atomic E-state index is 13.0. The van der Waals surface area contributed by atoms with Gasteiger partial charge >= 0.3 is 0 Å². The van der Waals surface area contributed by atoms with E-state index in [1.54, 1.807) is 31.2 Å². The van der Waals surface area contributed by atoms with Crippen molar-refractivity contribution in [1.29, 1.82) is 0 Å². The molecule has 1 aliphatic heterocycles. The van der Waals surface area contributed by atoms with Crippen LogP contribution in [0, 0.1) is 6.92 Å². The molecule has 1 amide bonds. The van der Waals surface area contributed by atoms with Crippen molar-refractivity contribution in [1.82, 2.24) is 4.31 Å². The fourth-order valence-corrected chi connectivity index (χ4v) is 5.23. The van der Waals surface area contributed by atoms with E-state index >= 15 is 0 Å². The van der Waals surface area contributed by atoms with Crippen molar-refractivity contribution < 1.29 is 26.4 Å². The van der Waals surface area contributed by atoms with Crippen molar-refractivity contribution in [3.8, 4) is 0 Å². The molecule has 2 aromatic rings. The van der Waals surface area contributed by atoms with E-state index < -0.39 is 26.0 Å². The average Bonchev–Trinajstić information content (AvgIpc) is 2.70. The number of morpholine rings is 1. The van der Waals surface area contributed by atoms with Crippen molar-refractivity contribution >= 4 is 37.3 Å². The third-order valence-electron chi connectivity index (χ3n) is 4.51. The summed E-state index contributed by atoms with van der Waals surface area (Å²) in [5.74, 6) is -0.614. The molecule has 0 bridgehead atoms. The first-order chi connectivity index (χ1) is 14.1. The molecule has 30 heavy (non-hydrogen) atoms. The first kappa shape index (κ1) is 22.2. The van der Waals surface area contributed by atoms with E-state index in [9.17, 15) is 21.6 Å². The standard InChI is InChI=1S/C19H23N3O6S2/c1-14-7-8-15(13-17(14)21-29(2,24)25)20-19(23)16-5-3-4-6-18(16)30(26,27)22-9-11-28-12-10-22/h3-8,13,21H,9-12H2,1-2H3,(H,20,23). The molecule has 1 aliphatic rings. The first-order valence-electron chi connectivity index (χ1n) is 9.15. The molecule has 0 unspecified atom stereocenters. The largest absolute Gasteiger partial charge is 0.379 e. The molecule has 0 spiro atoms. The van der Waals surface area contributed by atoms with Gasteiger partial charge in [0, 0.05) is 18.8 Å². The van der Waals surface area contributed by atoms with Gasteiger partial charge in [-0.2, -0.15) is 4.31 Å². The third-order valence-corrected chi connectivity index (χ3v) is 7.06. The number of nitrogens with one attached hydrogen (secondary N) is 2. The predicted octanol–water partition coefficient (Wildman–Crippen LogP) is 1.64. The van der Waals surface area contributed by atoms with Gasteiger partial charge in [-0.05, 0) is 36.8 Å². The number of hydrogen-bond donors (Lipinski definition) is 2. The Labute approximate surface area is 176 Å². The van der Waals surface area contributed by atoms with Crippen molar-refractivity contribution in [2.24, 2.45) is 0 Å². The van der Waals surface area contributed by atoms with E-state index in [-0.39, 0.29) is 23.5 Å². The van der Waals surface area contributed by atoms with Crippen LogP contribution < -0.4 is 10.0 Å². The lowest BCUT2D eigenvalue weighted by molar-refractivity contribution is 0.0730. The molecule has 1 heterocycles. The molecule has 11 heteroatoms. The highest BCUT2D eigenvalue weighted by Gasteiger charge is 2.30. The van der Waals surface area contributed by atoms with Crippen LogP contribution in [0.25, 0.3) is 0 Å². The normalized spacial score (nSPS) is 15.5. The zero-order valence-electron chi connectivity index (χ0n) is 16.6. The monoisotopic (exact) mass is 453 g/mol. The van der Waals surface area contributed by atoms with E-state index in [1.807, 2.05) is 0 Å². The number of ether oxygens (including phenoxy) is 1. The summed E-state index contributed by atoms with van der Waals surface area (Å²) in [7, 11) is -7.36. The number of nitrogens with zero attached hydrogens (tertiary/aromatic N) is 1. The lowest BCUT2D eigenvalue weighted by Gasteiger charge is -2.26. The van der Waals surface area contributed by atoms with Crippen LogP contribution in [0.5, 0.6) is 0 Å². The van der Waals surface area contributed by atoms with Gasteiger partial charge in [0.05, 0.1) is 35.6 Å². The van der Waals surface area contributed by atoms with Crippen LogP contribution in [0.2, 0.25) is 0 Å². The maximum absolute atomic E-state index is 13.0. The van der Waals surface area contributed by atoms with Gasteiger partial charge in [-0.1, -0.05) is 18.2 Å². The number of carbonyl (C=O) groups excluding carboxylic acids is 1. The topological polar surface area (TPSA) is 122 Å². The Morgan fingerprint density at radius 1 is 1.03 bits per heavy atom. The van der Waals surface area contributed by atoms with Crippen LogP contribution in [0.4, 0.5) is 11.4 Å². The summed E-state index contributed by atoms with van der Waals surface area (Å²) < 4.78 is 58.0. The highest BCUT2D eigenvalue weighted by Crippen LogP contribution is 2.25. The number of hydrogen-bond acceptors (Lipinski definition) is 6. The minimum atomic E-state index is -3.87. The van der Waals surface area contributed by atoms with Gasteiger partial charge in [0.25, 0.3) is 5.91 Å². The summed E-state index contributed by atoms with van der Waals surface area (Å²) in [5.41, 5.74) is 1.33. The van der Waals surface area contributed by atoms with Gasteiger partial charge in [-0.15, -0.1) is 0 Å². The van der Waals surface area contributed by atoms with E-state index in [0.717, 1.165) is 6.26 Å². The lowest BCUT2D eigenvalue weighted by atomic mass is 10.1. The molecule has 9 nitrogen and oxygen atoms in total. The molecule has 0 radical (unpaired) electrons. The first-order valence-corrected chi connectivity index (χ1v) is 12.5. The molecular formula is C19H23N3O6S2. The number of rotatable bonds is 6. The Hall–Kier alpha value is -2.47. The Morgan fingerprint density at radius 3 is 2.37 bits per heavy atom.